The first kappa shape index (κ1) is 22.1. The van der Waals surface area contributed by atoms with Crippen molar-refractivity contribution < 1.29 is 4.79 Å². The van der Waals surface area contributed by atoms with Crippen LogP contribution in [-0.4, -0.2) is 44.7 Å². The average Bonchev–Trinajstić information content (AvgIpc) is 3.10. The molecule has 0 unspecified atom stereocenters. The monoisotopic (exact) mass is 475 g/mol. The topological polar surface area (TPSA) is 87.8 Å². The summed E-state index contributed by atoms with van der Waals surface area (Å²) in [4.78, 5) is 28.9. The number of pyridine rings is 1. The van der Waals surface area contributed by atoms with Crippen LogP contribution in [0.3, 0.4) is 0 Å². The van der Waals surface area contributed by atoms with Gasteiger partial charge in [0.2, 0.25) is 0 Å². The molecule has 178 valence electrons. The molecule has 0 aliphatic carbocycles. The van der Waals surface area contributed by atoms with Crippen LogP contribution in [0.15, 0.2) is 77.1 Å². The predicted molar refractivity (Wildman–Crippen MR) is 141 cm³/mol. The van der Waals surface area contributed by atoms with Crippen LogP contribution in [0.4, 0.5) is 5.69 Å². The van der Waals surface area contributed by atoms with Crippen LogP contribution in [0.2, 0.25) is 0 Å². The molecular formula is C28H25N7O. The van der Waals surface area contributed by atoms with Crippen LogP contribution in [0.1, 0.15) is 22.4 Å². The van der Waals surface area contributed by atoms with Gasteiger partial charge in [-0.25, -0.2) is 4.99 Å². The number of amides is 1. The second kappa shape index (κ2) is 8.98. The van der Waals surface area contributed by atoms with E-state index in [9.17, 15) is 4.79 Å². The summed E-state index contributed by atoms with van der Waals surface area (Å²) in [6.45, 7) is 1.96. The van der Waals surface area contributed by atoms with E-state index in [0.717, 1.165) is 45.6 Å². The maximum Gasteiger partial charge on any atom is 0.275 e. The van der Waals surface area contributed by atoms with Crippen LogP contribution >= 0.6 is 0 Å². The van der Waals surface area contributed by atoms with Gasteiger partial charge in [0.15, 0.2) is 0 Å². The summed E-state index contributed by atoms with van der Waals surface area (Å²) < 4.78 is 1.92. The van der Waals surface area contributed by atoms with E-state index < -0.39 is 0 Å². The van der Waals surface area contributed by atoms with Crippen LogP contribution in [0, 0.1) is 0 Å². The number of carbonyl (C=O) groups is 1. The Hall–Kier alpha value is -4.43. The van der Waals surface area contributed by atoms with E-state index in [2.05, 4.69) is 67.7 Å². The molecule has 0 atom stereocenters. The molecule has 4 heterocycles. The molecule has 1 N–H and O–H groups in total. The molecule has 0 spiro atoms. The first-order chi connectivity index (χ1) is 17.5. The van der Waals surface area contributed by atoms with E-state index in [1.165, 1.54) is 11.9 Å². The van der Waals surface area contributed by atoms with Gasteiger partial charge in [-0.15, -0.1) is 0 Å². The van der Waals surface area contributed by atoms with Crippen molar-refractivity contribution in [1.82, 2.24) is 19.7 Å². The van der Waals surface area contributed by atoms with E-state index in [-0.39, 0.29) is 5.91 Å². The third-order valence-electron chi connectivity index (χ3n) is 6.61. The number of rotatable bonds is 0. The van der Waals surface area contributed by atoms with Crippen molar-refractivity contribution in [2.24, 2.45) is 17.0 Å². The van der Waals surface area contributed by atoms with Gasteiger partial charge in [-0.2, -0.15) is 5.10 Å². The summed E-state index contributed by atoms with van der Waals surface area (Å²) in [7, 11) is 4.08. The number of aromatic nitrogens is 3. The van der Waals surface area contributed by atoms with Crippen molar-refractivity contribution in [3.63, 3.8) is 0 Å². The molecule has 2 aliphatic heterocycles. The Morgan fingerprint density at radius 1 is 0.889 bits per heavy atom. The van der Waals surface area contributed by atoms with Gasteiger partial charge < -0.3 is 5.32 Å². The van der Waals surface area contributed by atoms with Crippen LogP contribution in [0.25, 0.3) is 22.3 Å². The summed E-state index contributed by atoms with van der Waals surface area (Å²) >= 11 is 0. The number of carbonyl (C=O) groups excluding carboxylic acids is 1. The largest absolute Gasteiger partial charge is 0.319 e. The molecule has 0 saturated carbocycles. The smallest absolute Gasteiger partial charge is 0.275 e. The molecular weight excluding hydrogens is 450 g/mol. The summed E-state index contributed by atoms with van der Waals surface area (Å²) in [5, 5.41) is 7.55. The van der Waals surface area contributed by atoms with Gasteiger partial charge in [0.05, 0.1) is 30.3 Å². The van der Waals surface area contributed by atoms with E-state index in [0.29, 0.717) is 24.5 Å². The normalized spacial score (nSPS) is 15.4. The molecule has 0 saturated heterocycles. The number of hydrogen-bond acceptors (Lipinski definition) is 6. The number of hydrogen-bond donors (Lipinski definition) is 1. The number of aryl methyl sites for hydroxylation is 1. The molecule has 6 bridgehead atoms. The van der Waals surface area contributed by atoms with Crippen molar-refractivity contribution in [2.45, 2.75) is 19.6 Å². The molecule has 8 nitrogen and oxygen atoms in total. The Morgan fingerprint density at radius 2 is 1.81 bits per heavy atom. The zero-order valence-corrected chi connectivity index (χ0v) is 20.1. The number of benzene rings is 2. The Labute approximate surface area is 209 Å². The highest BCUT2D eigenvalue weighted by atomic mass is 16.1. The van der Waals surface area contributed by atoms with Gasteiger partial charge in [-0.3, -0.25) is 24.4 Å². The highest BCUT2D eigenvalue weighted by Crippen LogP contribution is 2.29. The van der Waals surface area contributed by atoms with Gasteiger partial charge in [0.1, 0.15) is 12.1 Å². The Bertz CT molecular complexity index is 1550. The van der Waals surface area contributed by atoms with E-state index >= 15 is 0 Å². The third kappa shape index (κ3) is 4.12. The minimum atomic E-state index is -0.301. The van der Waals surface area contributed by atoms with Gasteiger partial charge in [-0.05, 0) is 47.5 Å². The van der Waals surface area contributed by atoms with Gasteiger partial charge in [0.25, 0.3) is 5.91 Å². The predicted octanol–water partition coefficient (Wildman–Crippen LogP) is 4.06. The van der Waals surface area contributed by atoms with Crippen molar-refractivity contribution in [2.75, 3.05) is 12.4 Å². The Balaban J connectivity index is 1.53. The van der Waals surface area contributed by atoms with Crippen molar-refractivity contribution in [3.05, 3.63) is 89.5 Å². The minimum Gasteiger partial charge on any atom is -0.319 e. The first-order valence-electron chi connectivity index (χ1n) is 11.8. The number of aliphatic imine (C=N–C) groups is 2. The maximum atomic E-state index is 13.5. The van der Waals surface area contributed by atoms with Crippen LogP contribution in [-0.2, 0) is 31.5 Å². The van der Waals surface area contributed by atoms with Crippen molar-refractivity contribution >= 4 is 23.6 Å². The second-order valence-corrected chi connectivity index (χ2v) is 9.22. The average molecular weight is 476 g/mol. The van der Waals surface area contributed by atoms with Crippen LogP contribution in [0.5, 0.6) is 0 Å². The molecule has 2 aromatic carbocycles. The molecule has 0 radical (unpaired) electrons. The van der Waals surface area contributed by atoms with Gasteiger partial charge in [0, 0.05) is 43.0 Å². The Morgan fingerprint density at radius 3 is 2.72 bits per heavy atom. The van der Waals surface area contributed by atoms with Gasteiger partial charge in [-0.1, -0.05) is 30.3 Å². The first-order valence-corrected chi connectivity index (χ1v) is 11.8. The Kier molecular flexibility index (Phi) is 5.50. The fraction of sp³-hybridized carbons (Fsp3) is 0.179. The minimum absolute atomic E-state index is 0.301. The van der Waals surface area contributed by atoms with E-state index in [1.807, 2.05) is 42.3 Å². The third-order valence-corrected chi connectivity index (χ3v) is 6.61. The zero-order chi connectivity index (χ0) is 24.6. The van der Waals surface area contributed by atoms with E-state index in [4.69, 9.17) is 0 Å². The maximum absolute atomic E-state index is 13.5. The quantitative estimate of drug-likeness (QED) is 0.415. The summed E-state index contributed by atoms with van der Waals surface area (Å²) in [5.74, 6) is -0.301. The molecule has 0 fully saturated rings. The van der Waals surface area contributed by atoms with Crippen molar-refractivity contribution in [1.29, 1.82) is 0 Å². The zero-order valence-electron chi connectivity index (χ0n) is 20.1. The number of fused-ring (bicyclic) bond motifs is 8. The SMILES string of the molecule is CN1Cc2cccc(c2)-c2cncc(c2)NC(=O)C2=NC=NCc3ccc(cc32)-c2cnn(C)c2C1. The van der Waals surface area contributed by atoms with Crippen LogP contribution < -0.4 is 5.32 Å². The fourth-order valence-corrected chi connectivity index (χ4v) is 4.81. The van der Waals surface area contributed by atoms with Crippen molar-refractivity contribution in [3.8, 4) is 22.3 Å². The summed E-state index contributed by atoms with van der Waals surface area (Å²) in [5.41, 5.74) is 8.95. The molecule has 6 rings (SSSR count). The summed E-state index contributed by atoms with van der Waals surface area (Å²) in [6, 6.07) is 16.5. The molecule has 4 aromatic rings. The standard InChI is InChI=1S/C28H25N7O/c1-34-15-18-4-3-5-19(8-18)22-9-23(13-29-12-22)33-28(36)27-24-10-20(6-7-21(24)11-30-17-31-27)25-14-32-35(2)26(25)16-34/h3-10,12-14,17H,11,15-16H2,1-2H3,(H,33,36). The highest BCUT2D eigenvalue weighted by molar-refractivity contribution is 6.50. The molecule has 2 aromatic heterocycles. The second-order valence-electron chi connectivity index (χ2n) is 9.22. The molecule has 1 amide bonds. The lowest BCUT2D eigenvalue weighted by Crippen LogP contribution is -2.25. The lowest BCUT2D eigenvalue weighted by molar-refractivity contribution is -0.110. The molecule has 8 heteroatoms. The highest BCUT2D eigenvalue weighted by Gasteiger charge is 2.22. The summed E-state index contributed by atoms with van der Waals surface area (Å²) in [6.07, 6.45) is 6.81. The molecule has 36 heavy (non-hydrogen) atoms. The number of anilines is 1. The lowest BCUT2D eigenvalue weighted by atomic mass is 9.96. The van der Waals surface area contributed by atoms with E-state index in [1.54, 1.807) is 6.20 Å². The lowest BCUT2D eigenvalue weighted by Gasteiger charge is -2.19. The number of nitrogens with zero attached hydrogens (tertiary/aromatic N) is 6. The molecule has 2 aliphatic rings. The van der Waals surface area contributed by atoms with Gasteiger partial charge >= 0.3 is 0 Å². The fourth-order valence-electron chi connectivity index (χ4n) is 4.81. The number of nitrogens with one attached hydrogen (secondary N) is 1.